The topological polar surface area (TPSA) is 29.9 Å². The number of hydrogen-bond acceptors (Lipinski definition) is 2. The van der Waals surface area contributed by atoms with E-state index >= 15 is 0 Å². The molecule has 2 aromatic rings. The fraction of sp³-hybridized carbons (Fsp3) is 0.364. The molecule has 1 fully saturated rings. The van der Waals surface area contributed by atoms with Crippen molar-refractivity contribution in [3.8, 4) is 0 Å². The quantitative estimate of drug-likeness (QED) is 0.728. The summed E-state index contributed by atoms with van der Waals surface area (Å²) < 4.78 is 2.19. The van der Waals surface area contributed by atoms with Crippen LogP contribution < -0.4 is 5.32 Å². The molecule has 0 radical (unpaired) electrons. The van der Waals surface area contributed by atoms with Gasteiger partial charge in [-0.1, -0.05) is 0 Å². The zero-order valence-corrected chi connectivity index (χ0v) is 8.20. The molecule has 0 aromatic carbocycles. The van der Waals surface area contributed by atoms with Crippen LogP contribution in [0.15, 0.2) is 24.7 Å². The van der Waals surface area contributed by atoms with Gasteiger partial charge in [0.1, 0.15) is 0 Å². The fourth-order valence-corrected chi connectivity index (χ4v) is 2.09. The molecule has 1 aliphatic rings. The van der Waals surface area contributed by atoms with Crippen molar-refractivity contribution >= 4 is 10.9 Å². The van der Waals surface area contributed by atoms with E-state index in [-0.39, 0.29) is 0 Å². The maximum Gasteiger partial charge on any atom is 0.0545 e. The molecule has 0 amide bonds. The third-order valence-corrected chi connectivity index (χ3v) is 3.03. The lowest BCUT2D eigenvalue weighted by Gasteiger charge is -2.27. The van der Waals surface area contributed by atoms with Crippen molar-refractivity contribution < 1.29 is 0 Å². The smallest absolute Gasteiger partial charge is 0.0545 e. The van der Waals surface area contributed by atoms with Crippen LogP contribution in [-0.4, -0.2) is 22.6 Å². The van der Waals surface area contributed by atoms with Crippen molar-refractivity contribution in [1.29, 1.82) is 0 Å². The van der Waals surface area contributed by atoms with Crippen molar-refractivity contribution in [2.24, 2.45) is 7.05 Å². The van der Waals surface area contributed by atoms with Crippen LogP contribution in [0.1, 0.15) is 11.5 Å². The van der Waals surface area contributed by atoms with E-state index in [4.69, 9.17) is 0 Å². The zero-order valence-electron chi connectivity index (χ0n) is 8.20. The lowest BCUT2D eigenvalue weighted by atomic mass is 9.94. The summed E-state index contributed by atoms with van der Waals surface area (Å²) in [6.45, 7) is 2.18. The van der Waals surface area contributed by atoms with E-state index < -0.39 is 0 Å². The second kappa shape index (κ2) is 2.82. The van der Waals surface area contributed by atoms with Gasteiger partial charge in [-0.2, -0.15) is 0 Å². The summed E-state index contributed by atoms with van der Waals surface area (Å²) in [5, 5.41) is 4.55. The Hall–Kier alpha value is -1.35. The lowest BCUT2D eigenvalue weighted by molar-refractivity contribution is 0.449. The van der Waals surface area contributed by atoms with Crippen molar-refractivity contribution in [3.63, 3.8) is 0 Å². The van der Waals surface area contributed by atoms with Crippen LogP contribution in [0.3, 0.4) is 0 Å². The predicted molar refractivity (Wildman–Crippen MR) is 56.3 cm³/mol. The molecule has 0 saturated carbocycles. The Morgan fingerprint density at radius 1 is 1.43 bits per heavy atom. The first-order valence-electron chi connectivity index (χ1n) is 4.96. The van der Waals surface area contributed by atoms with Crippen molar-refractivity contribution in [2.75, 3.05) is 13.1 Å². The van der Waals surface area contributed by atoms with Gasteiger partial charge in [0.2, 0.25) is 0 Å². The molecule has 0 bridgehead atoms. The van der Waals surface area contributed by atoms with Crippen LogP contribution in [0, 0.1) is 0 Å². The van der Waals surface area contributed by atoms with Crippen molar-refractivity contribution in [3.05, 3.63) is 30.2 Å². The minimum Gasteiger partial charge on any atom is -0.350 e. The minimum atomic E-state index is 0.653. The van der Waals surface area contributed by atoms with E-state index in [1.807, 2.05) is 12.4 Å². The largest absolute Gasteiger partial charge is 0.350 e. The Kier molecular flexibility index (Phi) is 1.61. The van der Waals surface area contributed by atoms with Gasteiger partial charge in [-0.15, -0.1) is 0 Å². The number of aryl methyl sites for hydroxylation is 1. The molecule has 1 N–H and O–H groups in total. The van der Waals surface area contributed by atoms with Gasteiger partial charge in [-0.25, -0.2) is 0 Å². The van der Waals surface area contributed by atoms with Gasteiger partial charge in [0.15, 0.2) is 0 Å². The summed E-state index contributed by atoms with van der Waals surface area (Å²) in [7, 11) is 2.10. The van der Waals surface area contributed by atoms with E-state index in [1.54, 1.807) is 0 Å². The van der Waals surface area contributed by atoms with Gasteiger partial charge in [0, 0.05) is 55.6 Å². The first-order valence-corrected chi connectivity index (χ1v) is 4.96. The Morgan fingerprint density at radius 2 is 2.29 bits per heavy atom. The van der Waals surface area contributed by atoms with Gasteiger partial charge < -0.3 is 9.88 Å². The zero-order chi connectivity index (χ0) is 9.54. The van der Waals surface area contributed by atoms with Gasteiger partial charge in [-0.3, -0.25) is 4.98 Å². The molecule has 3 nitrogen and oxygen atoms in total. The molecule has 2 aromatic heterocycles. The molecule has 0 spiro atoms. The number of fused-ring (bicyclic) bond motifs is 1. The van der Waals surface area contributed by atoms with Crippen LogP contribution in [0.25, 0.3) is 10.9 Å². The average molecular weight is 187 g/mol. The second-order valence-electron chi connectivity index (χ2n) is 3.95. The summed E-state index contributed by atoms with van der Waals surface area (Å²) in [6, 6.07) is 2.12. The van der Waals surface area contributed by atoms with Crippen molar-refractivity contribution in [1.82, 2.24) is 14.9 Å². The summed E-state index contributed by atoms with van der Waals surface area (Å²) in [4.78, 5) is 4.29. The maximum atomic E-state index is 4.29. The highest BCUT2D eigenvalue weighted by Crippen LogP contribution is 2.27. The van der Waals surface area contributed by atoms with Crippen LogP contribution in [0.4, 0.5) is 0 Å². The number of nitrogens with one attached hydrogen (secondary N) is 1. The van der Waals surface area contributed by atoms with E-state index in [9.17, 15) is 0 Å². The monoisotopic (exact) mass is 187 g/mol. The summed E-state index contributed by atoms with van der Waals surface area (Å²) in [5.41, 5.74) is 2.72. The summed E-state index contributed by atoms with van der Waals surface area (Å²) >= 11 is 0. The van der Waals surface area contributed by atoms with E-state index in [0.29, 0.717) is 5.92 Å². The van der Waals surface area contributed by atoms with E-state index in [2.05, 4.69) is 34.2 Å². The molecule has 0 atom stereocenters. The number of nitrogens with zero attached hydrogens (tertiary/aromatic N) is 2. The molecule has 14 heavy (non-hydrogen) atoms. The number of pyridine rings is 1. The number of rotatable bonds is 1. The molecule has 3 heterocycles. The molecule has 3 rings (SSSR count). The van der Waals surface area contributed by atoms with Crippen LogP contribution in [0.5, 0.6) is 0 Å². The van der Waals surface area contributed by atoms with Crippen LogP contribution in [0.2, 0.25) is 0 Å². The van der Waals surface area contributed by atoms with Gasteiger partial charge in [0.25, 0.3) is 0 Å². The van der Waals surface area contributed by atoms with Crippen LogP contribution in [-0.2, 0) is 7.05 Å². The third kappa shape index (κ3) is 0.990. The third-order valence-electron chi connectivity index (χ3n) is 3.03. The van der Waals surface area contributed by atoms with E-state index in [0.717, 1.165) is 13.1 Å². The Balaban J connectivity index is 2.25. The van der Waals surface area contributed by atoms with Crippen LogP contribution >= 0.6 is 0 Å². The first-order chi connectivity index (χ1) is 6.86. The molecule has 1 saturated heterocycles. The van der Waals surface area contributed by atoms with E-state index in [1.165, 1.54) is 16.5 Å². The average Bonchev–Trinajstić information content (AvgIpc) is 2.46. The molecule has 1 aliphatic heterocycles. The predicted octanol–water partition coefficient (Wildman–Crippen LogP) is 1.26. The summed E-state index contributed by atoms with van der Waals surface area (Å²) in [5.74, 6) is 0.653. The minimum absolute atomic E-state index is 0.653. The highest BCUT2D eigenvalue weighted by Gasteiger charge is 2.22. The SMILES string of the molecule is Cn1ccc2cncc(C3CNC3)c21. The van der Waals surface area contributed by atoms with Gasteiger partial charge in [-0.05, 0) is 6.07 Å². The Bertz CT molecular complexity index is 468. The summed E-state index contributed by atoms with van der Waals surface area (Å²) in [6.07, 6.45) is 6.04. The highest BCUT2D eigenvalue weighted by atomic mass is 15.0. The molecular weight excluding hydrogens is 174 g/mol. The lowest BCUT2D eigenvalue weighted by Crippen LogP contribution is -2.40. The first kappa shape index (κ1) is 8.00. The van der Waals surface area contributed by atoms with Crippen molar-refractivity contribution in [2.45, 2.75) is 5.92 Å². The highest BCUT2D eigenvalue weighted by molar-refractivity contribution is 5.82. The molecule has 72 valence electrons. The maximum absolute atomic E-state index is 4.29. The Morgan fingerprint density at radius 3 is 3.00 bits per heavy atom. The molecule has 3 heteroatoms. The van der Waals surface area contributed by atoms with Gasteiger partial charge in [0.05, 0.1) is 5.52 Å². The van der Waals surface area contributed by atoms with Gasteiger partial charge >= 0.3 is 0 Å². The number of hydrogen-bond donors (Lipinski definition) is 1. The molecule has 0 aliphatic carbocycles. The molecule has 0 unspecified atom stereocenters. The standard InChI is InChI=1S/C11H13N3/c1-14-3-2-8-4-13-7-10(11(8)14)9-5-12-6-9/h2-4,7,9,12H,5-6H2,1H3. The molecular formula is C11H13N3. The fourth-order valence-electron chi connectivity index (χ4n) is 2.09. The second-order valence-corrected chi connectivity index (χ2v) is 3.95. The Labute approximate surface area is 82.8 Å². The normalized spacial score (nSPS) is 17.2. The number of aromatic nitrogens is 2.